The fourth-order valence-electron chi connectivity index (χ4n) is 3.50. The molecule has 0 unspecified atom stereocenters. The highest BCUT2D eigenvalue weighted by atomic mass is 32.2. The van der Waals surface area contributed by atoms with Crippen molar-refractivity contribution in [2.45, 2.75) is 31.8 Å². The number of pyridine rings is 1. The molecule has 8 heteroatoms. The van der Waals surface area contributed by atoms with Crippen LogP contribution in [0.5, 0.6) is 5.88 Å². The van der Waals surface area contributed by atoms with Crippen molar-refractivity contribution in [2.24, 2.45) is 0 Å². The van der Waals surface area contributed by atoms with E-state index >= 15 is 0 Å². The van der Waals surface area contributed by atoms with Gasteiger partial charge in [-0.05, 0) is 43.7 Å². The molecule has 4 rings (SSSR count). The van der Waals surface area contributed by atoms with Crippen LogP contribution >= 0.6 is 0 Å². The normalized spacial score (nSPS) is 14.9. The van der Waals surface area contributed by atoms with Gasteiger partial charge in [-0.1, -0.05) is 6.07 Å². The summed E-state index contributed by atoms with van der Waals surface area (Å²) in [6.07, 6.45) is 0. The fourth-order valence-corrected chi connectivity index (χ4v) is 5.12. The van der Waals surface area contributed by atoms with Crippen LogP contribution in [0.1, 0.15) is 22.5 Å². The summed E-state index contributed by atoms with van der Waals surface area (Å²) < 4.78 is 29.5. The minimum Gasteiger partial charge on any atom is -0.494 e. The van der Waals surface area contributed by atoms with Gasteiger partial charge in [0.25, 0.3) is 0 Å². The zero-order chi connectivity index (χ0) is 19.3. The van der Waals surface area contributed by atoms with Gasteiger partial charge in [-0.15, -0.1) is 0 Å². The number of aromatic nitrogens is 2. The Labute approximate surface area is 157 Å². The summed E-state index contributed by atoms with van der Waals surface area (Å²) in [7, 11) is -3.85. The lowest BCUT2D eigenvalue weighted by molar-refractivity contribution is 0.318. The van der Waals surface area contributed by atoms with Gasteiger partial charge in [0, 0.05) is 18.8 Å². The molecule has 27 heavy (non-hydrogen) atoms. The molecule has 0 atom stereocenters. The van der Waals surface area contributed by atoms with Crippen LogP contribution < -0.4 is 0 Å². The molecular weight excluding hydrogens is 364 g/mol. The molecule has 1 aliphatic heterocycles. The van der Waals surface area contributed by atoms with Crippen LogP contribution in [-0.4, -0.2) is 33.9 Å². The zero-order valence-corrected chi connectivity index (χ0v) is 15.8. The second-order valence-corrected chi connectivity index (χ2v) is 8.63. The van der Waals surface area contributed by atoms with Crippen LogP contribution in [-0.2, 0) is 23.1 Å². The minimum atomic E-state index is -3.85. The van der Waals surface area contributed by atoms with Crippen molar-refractivity contribution in [3.63, 3.8) is 0 Å². The van der Waals surface area contributed by atoms with E-state index in [1.54, 1.807) is 23.6 Å². The molecule has 0 bridgehead atoms. The first-order valence-electron chi connectivity index (χ1n) is 8.51. The molecule has 1 aromatic carbocycles. The molecule has 138 valence electrons. The Kier molecular flexibility index (Phi) is 3.94. The molecule has 0 amide bonds. The molecule has 7 nitrogen and oxygen atoms in total. The summed E-state index contributed by atoms with van der Waals surface area (Å²) in [6, 6.07) is 10.4. The molecular formula is C19H18N4O3S. The Bertz CT molecular complexity index is 1220. The van der Waals surface area contributed by atoms with E-state index in [9.17, 15) is 18.8 Å². The SMILES string of the molecule is Cc1ccc(C#N)c(S(=O)(=O)N2CCn3c(O)c4ccc(C)nc4c3C2)c1. The monoisotopic (exact) mass is 382 g/mol. The number of aryl methyl sites for hydroxylation is 2. The van der Waals surface area contributed by atoms with Gasteiger partial charge >= 0.3 is 0 Å². The Morgan fingerprint density at radius 3 is 2.70 bits per heavy atom. The van der Waals surface area contributed by atoms with E-state index in [1.807, 2.05) is 19.1 Å². The highest BCUT2D eigenvalue weighted by Crippen LogP contribution is 2.35. The summed E-state index contributed by atoms with van der Waals surface area (Å²) in [5, 5.41) is 20.4. The van der Waals surface area contributed by atoms with Gasteiger partial charge in [-0.2, -0.15) is 9.57 Å². The lowest BCUT2D eigenvalue weighted by Gasteiger charge is -2.28. The van der Waals surface area contributed by atoms with Crippen LogP contribution in [0.4, 0.5) is 0 Å². The van der Waals surface area contributed by atoms with Crippen molar-refractivity contribution < 1.29 is 13.5 Å². The summed E-state index contributed by atoms with van der Waals surface area (Å²) in [5.41, 5.74) is 2.96. The quantitative estimate of drug-likeness (QED) is 0.734. The van der Waals surface area contributed by atoms with Crippen LogP contribution in [0.2, 0.25) is 0 Å². The highest BCUT2D eigenvalue weighted by Gasteiger charge is 2.33. The summed E-state index contributed by atoms with van der Waals surface area (Å²) in [4.78, 5) is 4.51. The number of nitriles is 1. The van der Waals surface area contributed by atoms with Crippen LogP contribution in [0, 0.1) is 25.2 Å². The zero-order valence-electron chi connectivity index (χ0n) is 15.0. The van der Waals surface area contributed by atoms with Crippen LogP contribution in [0.3, 0.4) is 0 Å². The van der Waals surface area contributed by atoms with Crippen molar-refractivity contribution in [3.05, 3.63) is 52.8 Å². The Morgan fingerprint density at radius 2 is 1.96 bits per heavy atom. The maximum atomic E-state index is 13.2. The van der Waals surface area contributed by atoms with Crippen molar-refractivity contribution in [1.82, 2.24) is 13.9 Å². The number of aromatic hydroxyl groups is 1. The van der Waals surface area contributed by atoms with Crippen LogP contribution in [0.15, 0.2) is 35.2 Å². The summed E-state index contributed by atoms with van der Waals surface area (Å²) in [6.45, 7) is 4.27. The van der Waals surface area contributed by atoms with Gasteiger partial charge in [0.2, 0.25) is 15.9 Å². The van der Waals surface area contributed by atoms with Gasteiger partial charge < -0.3 is 9.67 Å². The predicted octanol–water partition coefficient (Wildman–Crippen LogP) is 2.43. The number of rotatable bonds is 2. The maximum Gasteiger partial charge on any atom is 0.244 e. The van der Waals surface area contributed by atoms with Gasteiger partial charge in [0.1, 0.15) is 11.0 Å². The first-order chi connectivity index (χ1) is 12.8. The van der Waals surface area contributed by atoms with E-state index < -0.39 is 10.0 Å². The van der Waals surface area contributed by atoms with E-state index in [4.69, 9.17) is 0 Å². The minimum absolute atomic E-state index is 0.0164. The predicted molar refractivity (Wildman–Crippen MR) is 99.6 cm³/mol. The van der Waals surface area contributed by atoms with E-state index in [2.05, 4.69) is 4.98 Å². The number of nitrogens with zero attached hydrogens (tertiary/aromatic N) is 4. The third-order valence-corrected chi connectivity index (χ3v) is 6.79. The number of benzene rings is 1. The lowest BCUT2D eigenvalue weighted by atomic mass is 10.2. The molecule has 1 aliphatic rings. The average molecular weight is 382 g/mol. The molecule has 3 heterocycles. The third-order valence-electron chi connectivity index (χ3n) is 4.90. The van der Waals surface area contributed by atoms with Crippen molar-refractivity contribution in [2.75, 3.05) is 6.54 Å². The second kappa shape index (κ2) is 6.08. The van der Waals surface area contributed by atoms with E-state index in [-0.39, 0.29) is 29.4 Å². The lowest BCUT2D eigenvalue weighted by Crippen LogP contribution is -2.38. The molecule has 3 aromatic rings. The van der Waals surface area contributed by atoms with Crippen molar-refractivity contribution >= 4 is 20.9 Å². The largest absolute Gasteiger partial charge is 0.494 e. The van der Waals surface area contributed by atoms with Gasteiger partial charge in [0.05, 0.1) is 28.7 Å². The molecule has 0 radical (unpaired) electrons. The van der Waals surface area contributed by atoms with E-state index in [1.165, 1.54) is 16.4 Å². The molecule has 1 N–H and O–H groups in total. The summed E-state index contributed by atoms with van der Waals surface area (Å²) in [5.74, 6) is 0.109. The first-order valence-corrected chi connectivity index (χ1v) is 9.95. The second-order valence-electron chi connectivity index (χ2n) is 6.72. The van der Waals surface area contributed by atoms with Crippen molar-refractivity contribution in [1.29, 1.82) is 5.26 Å². The first kappa shape index (κ1) is 17.5. The van der Waals surface area contributed by atoms with Gasteiger partial charge in [-0.25, -0.2) is 8.42 Å². The Hall–Kier alpha value is -2.89. The van der Waals surface area contributed by atoms with E-state index in [0.717, 1.165) is 11.3 Å². The number of sulfonamides is 1. The Morgan fingerprint density at radius 1 is 1.19 bits per heavy atom. The smallest absolute Gasteiger partial charge is 0.244 e. The molecule has 0 saturated heterocycles. The summed E-state index contributed by atoms with van der Waals surface area (Å²) >= 11 is 0. The molecule has 2 aromatic heterocycles. The number of hydrogen-bond donors (Lipinski definition) is 1. The average Bonchev–Trinajstić information content (AvgIpc) is 2.93. The molecule has 0 spiro atoms. The van der Waals surface area contributed by atoms with E-state index in [0.29, 0.717) is 23.1 Å². The van der Waals surface area contributed by atoms with Crippen LogP contribution in [0.25, 0.3) is 10.9 Å². The number of hydrogen-bond acceptors (Lipinski definition) is 5. The fraction of sp³-hybridized carbons (Fsp3) is 0.263. The molecule has 0 aliphatic carbocycles. The van der Waals surface area contributed by atoms with Gasteiger partial charge in [0.15, 0.2) is 0 Å². The molecule has 0 fully saturated rings. The van der Waals surface area contributed by atoms with Gasteiger partial charge in [-0.3, -0.25) is 4.98 Å². The third kappa shape index (κ3) is 2.67. The van der Waals surface area contributed by atoms with Crippen molar-refractivity contribution in [3.8, 4) is 11.9 Å². The molecule has 0 saturated carbocycles. The standard InChI is InChI=1S/C19H18N4O3S/c1-12-3-5-14(10-20)17(9-12)27(25,26)22-7-8-23-16(11-22)18-15(19(23)24)6-4-13(2)21-18/h3-6,9,24H,7-8,11H2,1-2H3. The highest BCUT2D eigenvalue weighted by molar-refractivity contribution is 7.89. The topological polar surface area (TPSA) is 99.2 Å². The number of fused-ring (bicyclic) bond motifs is 3. The maximum absolute atomic E-state index is 13.2. The Balaban J connectivity index is 1.82.